The number of aromatic amines is 1. The predicted molar refractivity (Wildman–Crippen MR) is 71.1 cm³/mol. The SMILES string of the molecule is Cc1nn(-c2ccccc2)c2[nH]c(=O)c(C#N)cc12. The van der Waals surface area contributed by atoms with Gasteiger partial charge < -0.3 is 4.98 Å². The number of para-hydroxylation sites is 1. The highest BCUT2D eigenvalue weighted by atomic mass is 16.1. The number of hydrogen-bond donors (Lipinski definition) is 1. The average molecular weight is 250 g/mol. The van der Waals surface area contributed by atoms with Crippen molar-refractivity contribution < 1.29 is 0 Å². The van der Waals surface area contributed by atoms with Crippen molar-refractivity contribution in [2.45, 2.75) is 6.92 Å². The van der Waals surface area contributed by atoms with Crippen molar-refractivity contribution in [3.63, 3.8) is 0 Å². The highest BCUT2D eigenvalue weighted by Gasteiger charge is 2.12. The summed E-state index contributed by atoms with van der Waals surface area (Å²) in [5, 5.41) is 14.1. The summed E-state index contributed by atoms with van der Waals surface area (Å²) in [6.07, 6.45) is 0. The van der Waals surface area contributed by atoms with Crippen molar-refractivity contribution >= 4 is 11.0 Å². The molecule has 0 aliphatic heterocycles. The number of benzene rings is 1. The second-order valence-corrected chi connectivity index (χ2v) is 4.22. The van der Waals surface area contributed by atoms with E-state index in [1.54, 1.807) is 10.7 Å². The van der Waals surface area contributed by atoms with Crippen molar-refractivity contribution in [3.8, 4) is 11.8 Å². The number of aromatic nitrogens is 3. The Morgan fingerprint density at radius 2 is 2.05 bits per heavy atom. The van der Waals surface area contributed by atoms with Crippen LogP contribution in [0, 0.1) is 18.3 Å². The van der Waals surface area contributed by atoms with E-state index in [0.29, 0.717) is 5.65 Å². The summed E-state index contributed by atoms with van der Waals surface area (Å²) < 4.78 is 1.67. The van der Waals surface area contributed by atoms with Gasteiger partial charge in [0, 0.05) is 5.39 Å². The molecule has 3 rings (SSSR count). The zero-order valence-corrected chi connectivity index (χ0v) is 10.2. The number of H-pyrrole nitrogens is 1. The van der Waals surface area contributed by atoms with E-state index in [1.807, 2.05) is 43.3 Å². The Kier molecular flexibility index (Phi) is 2.43. The molecule has 92 valence electrons. The van der Waals surface area contributed by atoms with Crippen LogP contribution in [0.15, 0.2) is 41.2 Å². The molecule has 0 aliphatic carbocycles. The molecule has 0 aliphatic rings. The van der Waals surface area contributed by atoms with Crippen molar-refractivity contribution in [1.82, 2.24) is 14.8 Å². The molecule has 19 heavy (non-hydrogen) atoms. The van der Waals surface area contributed by atoms with Crippen LogP contribution in [0.2, 0.25) is 0 Å². The van der Waals surface area contributed by atoms with E-state index in [4.69, 9.17) is 5.26 Å². The van der Waals surface area contributed by atoms with Crippen LogP contribution in [-0.4, -0.2) is 14.8 Å². The molecule has 0 atom stereocenters. The molecule has 3 aromatic rings. The van der Waals surface area contributed by atoms with E-state index in [-0.39, 0.29) is 5.56 Å². The molecular weight excluding hydrogens is 240 g/mol. The normalized spacial score (nSPS) is 10.5. The van der Waals surface area contributed by atoms with Gasteiger partial charge in [-0.05, 0) is 25.1 Å². The van der Waals surface area contributed by atoms with Crippen LogP contribution in [0.3, 0.4) is 0 Å². The quantitative estimate of drug-likeness (QED) is 0.716. The van der Waals surface area contributed by atoms with Gasteiger partial charge in [-0.2, -0.15) is 10.4 Å². The van der Waals surface area contributed by atoms with Crippen molar-refractivity contribution in [2.24, 2.45) is 0 Å². The lowest BCUT2D eigenvalue weighted by Gasteiger charge is -2.02. The summed E-state index contributed by atoms with van der Waals surface area (Å²) >= 11 is 0. The summed E-state index contributed by atoms with van der Waals surface area (Å²) in [4.78, 5) is 14.5. The highest BCUT2D eigenvalue weighted by molar-refractivity contribution is 5.80. The van der Waals surface area contributed by atoms with E-state index in [1.165, 1.54) is 0 Å². The molecule has 0 radical (unpaired) electrons. The van der Waals surface area contributed by atoms with Crippen LogP contribution >= 0.6 is 0 Å². The first-order valence-electron chi connectivity index (χ1n) is 5.79. The molecule has 1 N–H and O–H groups in total. The molecule has 0 saturated carbocycles. The Labute approximate surface area is 108 Å². The second-order valence-electron chi connectivity index (χ2n) is 4.22. The summed E-state index contributed by atoms with van der Waals surface area (Å²) in [5.41, 5.74) is 1.94. The minimum absolute atomic E-state index is 0.100. The van der Waals surface area contributed by atoms with Gasteiger partial charge in [-0.1, -0.05) is 18.2 Å². The molecular formula is C14H10N4O. The number of nitriles is 1. The van der Waals surface area contributed by atoms with Crippen LogP contribution in [0.5, 0.6) is 0 Å². The first kappa shape index (κ1) is 11.2. The molecule has 2 aromatic heterocycles. The van der Waals surface area contributed by atoms with Gasteiger partial charge >= 0.3 is 0 Å². The van der Waals surface area contributed by atoms with E-state index < -0.39 is 5.56 Å². The maximum atomic E-state index is 11.7. The lowest BCUT2D eigenvalue weighted by molar-refractivity contribution is 0.875. The molecule has 5 heteroatoms. The molecule has 0 saturated heterocycles. The van der Waals surface area contributed by atoms with Crippen LogP contribution < -0.4 is 5.56 Å². The Hall–Kier alpha value is -2.87. The zero-order valence-electron chi connectivity index (χ0n) is 10.2. The van der Waals surface area contributed by atoms with E-state index in [0.717, 1.165) is 16.8 Å². The van der Waals surface area contributed by atoms with E-state index in [9.17, 15) is 4.79 Å². The topological polar surface area (TPSA) is 74.5 Å². The van der Waals surface area contributed by atoms with E-state index >= 15 is 0 Å². The standard InChI is InChI=1S/C14H10N4O/c1-9-12-7-10(8-15)14(19)16-13(12)18(17-9)11-5-3-2-4-6-11/h2-7H,1H3,(H,16,19). The van der Waals surface area contributed by atoms with Gasteiger partial charge in [0.2, 0.25) is 0 Å². The molecule has 0 bridgehead atoms. The van der Waals surface area contributed by atoms with Crippen LogP contribution in [-0.2, 0) is 0 Å². The fraction of sp³-hybridized carbons (Fsp3) is 0.0714. The Morgan fingerprint density at radius 3 is 2.74 bits per heavy atom. The van der Waals surface area contributed by atoms with E-state index in [2.05, 4.69) is 10.1 Å². The maximum Gasteiger partial charge on any atom is 0.267 e. The predicted octanol–water partition coefficient (Wildman–Crippen LogP) is 1.89. The van der Waals surface area contributed by atoms with Gasteiger partial charge in [0.1, 0.15) is 17.3 Å². The molecule has 2 heterocycles. The summed E-state index contributed by atoms with van der Waals surface area (Å²) in [6.45, 7) is 1.85. The number of hydrogen-bond acceptors (Lipinski definition) is 3. The number of rotatable bonds is 1. The van der Waals surface area contributed by atoms with Gasteiger partial charge in [-0.15, -0.1) is 0 Å². The fourth-order valence-corrected chi connectivity index (χ4v) is 2.06. The second kappa shape index (κ2) is 4.10. The van der Waals surface area contributed by atoms with Crippen LogP contribution in [0.4, 0.5) is 0 Å². The summed E-state index contributed by atoms with van der Waals surface area (Å²) in [5.74, 6) is 0. The maximum absolute atomic E-state index is 11.7. The minimum Gasteiger partial charge on any atom is -0.305 e. The van der Waals surface area contributed by atoms with Gasteiger partial charge in [0.15, 0.2) is 0 Å². The molecule has 0 fully saturated rings. The first-order valence-corrected chi connectivity index (χ1v) is 5.79. The molecule has 0 amide bonds. The van der Waals surface area contributed by atoms with Gasteiger partial charge in [-0.3, -0.25) is 4.79 Å². The molecule has 0 spiro atoms. The van der Waals surface area contributed by atoms with Crippen molar-refractivity contribution in [2.75, 3.05) is 0 Å². The smallest absolute Gasteiger partial charge is 0.267 e. The van der Waals surface area contributed by atoms with Crippen molar-refractivity contribution in [3.05, 3.63) is 58.0 Å². The minimum atomic E-state index is -0.396. The first-order chi connectivity index (χ1) is 9.20. The number of nitrogens with one attached hydrogen (secondary N) is 1. The van der Waals surface area contributed by atoms with Crippen LogP contribution in [0.1, 0.15) is 11.3 Å². The van der Waals surface area contributed by atoms with Gasteiger partial charge in [0.05, 0.1) is 11.4 Å². The average Bonchev–Trinajstić information content (AvgIpc) is 2.75. The fourth-order valence-electron chi connectivity index (χ4n) is 2.06. The molecule has 0 unspecified atom stereocenters. The number of fused-ring (bicyclic) bond motifs is 1. The number of nitrogens with zero attached hydrogens (tertiary/aromatic N) is 3. The zero-order chi connectivity index (χ0) is 13.4. The van der Waals surface area contributed by atoms with Gasteiger partial charge in [-0.25, -0.2) is 4.68 Å². The molecule has 1 aromatic carbocycles. The summed E-state index contributed by atoms with van der Waals surface area (Å²) in [6, 6.07) is 13.0. The van der Waals surface area contributed by atoms with Gasteiger partial charge in [0.25, 0.3) is 5.56 Å². The number of aryl methyl sites for hydroxylation is 1. The largest absolute Gasteiger partial charge is 0.305 e. The third-order valence-corrected chi connectivity index (χ3v) is 2.99. The summed E-state index contributed by atoms with van der Waals surface area (Å²) in [7, 11) is 0. The third-order valence-electron chi connectivity index (χ3n) is 2.99. The Balaban J connectivity index is 2.38. The molecule has 5 nitrogen and oxygen atoms in total. The Bertz CT molecular complexity index is 853. The number of pyridine rings is 1. The van der Waals surface area contributed by atoms with Crippen LogP contribution in [0.25, 0.3) is 16.7 Å². The Morgan fingerprint density at radius 1 is 1.32 bits per heavy atom. The third kappa shape index (κ3) is 1.70. The highest BCUT2D eigenvalue weighted by Crippen LogP contribution is 2.19. The monoisotopic (exact) mass is 250 g/mol. The van der Waals surface area contributed by atoms with Crippen molar-refractivity contribution in [1.29, 1.82) is 5.26 Å². The lowest BCUT2D eigenvalue weighted by atomic mass is 10.2. The lowest BCUT2D eigenvalue weighted by Crippen LogP contribution is -2.11.